The van der Waals surface area contributed by atoms with Gasteiger partial charge in [-0.15, -0.1) is 0 Å². The van der Waals surface area contributed by atoms with Crippen molar-refractivity contribution < 1.29 is 9.47 Å². The van der Waals surface area contributed by atoms with E-state index >= 15 is 0 Å². The molecular formula is C12H18N2O2. The minimum atomic E-state index is 0.164. The summed E-state index contributed by atoms with van der Waals surface area (Å²) in [6.07, 6.45) is 0.927. The molecule has 0 spiro atoms. The molecule has 0 radical (unpaired) electrons. The molecule has 1 aliphatic heterocycles. The van der Waals surface area contributed by atoms with E-state index in [0.717, 1.165) is 30.1 Å². The van der Waals surface area contributed by atoms with Gasteiger partial charge in [0, 0.05) is 19.0 Å². The van der Waals surface area contributed by atoms with Crippen LogP contribution in [0.1, 0.15) is 18.0 Å². The Morgan fingerprint density at radius 1 is 1.31 bits per heavy atom. The van der Waals surface area contributed by atoms with Gasteiger partial charge in [0.25, 0.3) is 0 Å². The third kappa shape index (κ3) is 2.28. The summed E-state index contributed by atoms with van der Waals surface area (Å²) in [6, 6.07) is 6.16. The highest BCUT2D eigenvalue weighted by atomic mass is 16.5. The maximum absolute atomic E-state index is 5.69. The molecule has 0 amide bonds. The SMILES string of the molecule is CNC(CN)c1ccc2c(c1)OCCCO2. The molecule has 16 heavy (non-hydrogen) atoms. The summed E-state index contributed by atoms with van der Waals surface area (Å²) in [6.45, 7) is 2.00. The second-order valence-corrected chi connectivity index (χ2v) is 3.83. The van der Waals surface area contributed by atoms with Crippen molar-refractivity contribution in [3.63, 3.8) is 0 Å². The zero-order valence-corrected chi connectivity index (χ0v) is 9.53. The van der Waals surface area contributed by atoms with Crippen molar-refractivity contribution in [2.45, 2.75) is 12.5 Å². The Hall–Kier alpha value is -1.26. The Balaban J connectivity index is 2.26. The number of nitrogens with two attached hydrogens (primary N) is 1. The summed E-state index contributed by atoms with van der Waals surface area (Å²) in [7, 11) is 1.90. The number of ether oxygens (including phenoxy) is 2. The van der Waals surface area contributed by atoms with E-state index in [1.165, 1.54) is 0 Å². The fraction of sp³-hybridized carbons (Fsp3) is 0.500. The van der Waals surface area contributed by atoms with Crippen molar-refractivity contribution >= 4 is 0 Å². The highest BCUT2D eigenvalue weighted by molar-refractivity contribution is 5.44. The monoisotopic (exact) mass is 222 g/mol. The minimum absolute atomic E-state index is 0.164. The zero-order valence-electron chi connectivity index (χ0n) is 9.53. The van der Waals surface area contributed by atoms with E-state index < -0.39 is 0 Å². The van der Waals surface area contributed by atoms with Crippen molar-refractivity contribution in [2.75, 3.05) is 26.8 Å². The maximum Gasteiger partial charge on any atom is 0.161 e. The largest absolute Gasteiger partial charge is 0.490 e. The molecule has 1 aliphatic rings. The minimum Gasteiger partial charge on any atom is -0.490 e. The third-order valence-corrected chi connectivity index (χ3v) is 2.76. The highest BCUT2D eigenvalue weighted by Gasteiger charge is 2.13. The van der Waals surface area contributed by atoms with E-state index in [4.69, 9.17) is 15.2 Å². The molecule has 0 fully saturated rings. The normalized spacial score (nSPS) is 16.6. The number of rotatable bonds is 3. The average molecular weight is 222 g/mol. The van der Waals surface area contributed by atoms with Crippen molar-refractivity contribution in [1.29, 1.82) is 0 Å². The van der Waals surface area contributed by atoms with Gasteiger partial charge in [-0.2, -0.15) is 0 Å². The van der Waals surface area contributed by atoms with Gasteiger partial charge in [0.05, 0.1) is 13.2 Å². The Labute approximate surface area is 95.7 Å². The molecule has 4 heteroatoms. The van der Waals surface area contributed by atoms with Crippen LogP contribution in [0.3, 0.4) is 0 Å². The average Bonchev–Trinajstić information content (AvgIpc) is 2.55. The summed E-state index contributed by atoms with van der Waals surface area (Å²) in [4.78, 5) is 0. The Bertz CT molecular complexity index is 351. The third-order valence-electron chi connectivity index (χ3n) is 2.76. The Kier molecular flexibility index (Phi) is 3.64. The second kappa shape index (κ2) is 5.18. The van der Waals surface area contributed by atoms with Gasteiger partial charge < -0.3 is 20.5 Å². The van der Waals surface area contributed by atoms with E-state index in [0.29, 0.717) is 13.2 Å². The van der Waals surface area contributed by atoms with Gasteiger partial charge in [-0.25, -0.2) is 0 Å². The van der Waals surface area contributed by atoms with Crippen molar-refractivity contribution in [3.8, 4) is 11.5 Å². The lowest BCUT2D eigenvalue weighted by molar-refractivity contribution is 0.297. The molecule has 1 aromatic rings. The predicted molar refractivity (Wildman–Crippen MR) is 62.9 cm³/mol. The molecule has 0 saturated heterocycles. The van der Waals surface area contributed by atoms with Gasteiger partial charge >= 0.3 is 0 Å². The summed E-state index contributed by atoms with van der Waals surface area (Å²) >= 11 is 0. The maximum atomic E-state index is 5.69. The quantitative estimate of drug-likeness (QED) is 0.803. The first kappa shape index (κ1) is 11.2. The summed E-state index contributed by atoms with van der Waals surface area (Å²) in [5.41, 5.74) is 6.82. The highest BCUT2D eigenvalue weighted by Crippen LogP contribution is 2.31. The molecular weight excluding hydrogens is 204 g/mol. The van der Waals surface area contributed by atoms with Crippen LogP contribution < -0.4 is 20.5 Å². The number of likely N-dealkylation sites (N-methyl/N-ethyl adjacent to an activating group) is 1. The first-order valence-corrected chi connectivity index (χ1v) is 5.62. The predicted octanol–water partition coefficient (Wildman–Crippen LogP) is 1.07. The zero-order chi connectivity index (χ0) is 11.4. The molecule has 0 aliphatic carbocycles. The van der Waals surface area contributed by atoms with Crippen molar-refractivity contribution in [3.05, 3.63) is 23.8 Å². The summed E-state index contributed by atoms with van der Waals surface area (Å²) < 4.78 is 11.2. The lowest BCUT2D eigenvalue weighted by Crippen LogP contribution is -2.24. The van der Waals surface area contributed by atoms with Crippen LogP contribution in [-0.4, -0.2) is 26.8 Å². The van der Waals surface area contributed by atoms with Gasteiger partial charge in [0.1, 0.15) is 0 Å². The Morgan fingerprint density at radius 3 is 2.75 bits per heavy atom. The number of nitrogens with one attached hydrogen (secondary N) is 1. The number of benzene rings is 1. The van der Waals surface area contributed by atoms with Crippen LogP contribution in [0.25, 0.3) is 0 Å². The van der Waals surface area contributed by atoms with Crippen LogP contribution >= 0.6 is 0 Å². The lowest BCUT2D eigenvalue weighted by Gasteiger charge is -2.16. The fourth-order valence-electron chi connectivity index (χ4n) is 1.82. The van der Waals surface area contributed by atoms with E-state index in [9.17, 15) is 0 Å². The smallest absolute Gasteiger partial charge is 0.161 e. The van der Waals surface area contributed by atoms with Crippen LogP contribution in [-0.2, 0) is 0 Å². The van der Waals surface area contributed by atoms with Crippen LogP contribution in [0.2, 0.25) is 0 Å². The number of fused-ring (bicyclic) bond motifs is 1. The van der Waals surface area contributed by atoms with Gasteiger partial charge in [0.2, 0.25) is 0 Å². The molecule has 0 aromatic heterocycles. The van der Waals surface area contributed by atoms with Crippen LogP contribution in [0.15, 0.2) is 18.2 Å². The van der Waals surface area contributed by atoms with E-state index in [2.05, 4.69) is 5.32 Å². The molecule has 1 unspecified atom stereocenters. The molecule has 2 rings (SSSR count). The van der Waals surface area contributed by atoms with Crippen LogP contribution in [0, 0.1) is 0 Å². The van der Waals surface area contributed by atoms with Gasteiger partial charge in [-0.3, -0.25) is 0 Å². The van der Waals surface area contributed by atoms with Gasteiger partial charge in [-0.1, -0.05) is 6.07 Å². The fourth-order valence-corrected chi connectivity index (χ4v) is 1.82. The van der Waals surface area contributed by atoms with Crippen molar-refractivity contribution in [2.24, 2.45) is 5.73 Å². The second-order valence-electron chi connectivity index (χ2n) is 3.83. The molecule has 0 bridgehead atoms. The number of hydrogen-bond acceptors (Lipinski definition) is 4. The van der Waals surface area contributed by atoms with E-state index in [-0.39, 0.29) is 6.04 Å². The first-order chi connectivity index (χ1) is 7.85. The molecule has 88 valence electrons. The molecule has 4 nitrogen and oxygen atoms in total. The van der Waals surface area contributed by atoms with E-state index in [1.807, 2.05) is 25.2 Å². The molecule has 1 atom stereocenters. The first-order valence-electron chi connectivity index (χ1n) is 5.62. The van der Waals surface area contributed by atoms with Crippen LogP contribution in [0.5, 0.6) is 11.5 Å². The molecule has 3 N–H and O–H groups in total. The van der Waals surface area contributed by atoms with Crippen molar-refractivity contribution in [1.82, 2.24) is 5.32 Å². The molecule has 1 aromatic carbocycles. The topological polar surface area (TPSA) is 56.5 Å². The van der Waals surface area contributed by atoms with Gasteiger partial charge in [-0.05, 0) is 24.7 Å². The lowest BCUT2D eigenvalue weighted by atomic mass is 10.1. The van der Waals surface area contributed by atoms with E-state index in [1.54, 1.807) is 0 Å². The van der Waals surface area contributed by atoms with Crippen LogP contribution in [0.4, 0.5) is 0 Å². The molecule has 0 saturated carbocycles. The molecule has 1 heterocycles. The summed E-state index contributed by atoms with van der Waals surface area (Å²) in [5, 5.41) is 3.17. The summed E-state index contributed by atoms with van der Waals surface area (Å²) in [5.74, 6) is 1.65. The van der Waals surface area contributed by atoms with Gasteiger partial charge in [0.15, 0.2) is 11.5 Å². The number of hydrogen-bond donors (Lipinski definition) is 2. The standard InChI is InChI=1S/C12H18N2O2/c1-14-10(8-13)9-3-4-11-12(7-9)16-6-2-5-15-11/h3-4,7,10,14H,2,5-6,8,13H2,1H3. The Morgan fingerprint density at radius 2 is 2.06 bits per heavy atom.